The van der Waals surface area contributed by atoms with Crippen molar-refractivity contribution in [1.82, 2.24) is 0 Å². The molecule has 4 heteroatoms. The summed E-state index contributed by atoms with van der Waals surface area (Å²) in [7, 11) is 0. The molecule has 0 bridgehead atoms. The molecule has 1 rings (SSSR count). The van der Waals surface area contributed by atoms with Crippen molar-refractivity contribution < 1.29 is 9.47 Å². The van der Waals surface area contributed by atoms with Gasteiger partial charge in [0.05, 0.1) is 13.2 Å². The summed E-state index contributed by atoms with van der Waals surface area (Å²) in [6.07, 6.45) is 0. The van der Waals surface area contributed by atoms with E-state index in [1.54, 1.807) is 0 Å². The highest BCUT2D eigenvalue weighted by atomic mass is 79.9. The Morgan fingerprint density at radius 2 is 1.50 bits per heavy atom. The van der Waals surface area contributed by atoms with Gasteiger partial charge < -0.3 is 9.47 Å². The van der Waals surface area contributed by atoms with Crippen molar-refractivity contribution in [3.63, 3.8) is 0 Å². The minimum atomic E-state index is 0.284. The average Bonchev–Trinajstić information content (AvgIpc) is 2.40. The van der Waals surface area contributed by atoms with Crippen LogP contribution in [0.2, 0.25) is 0 Å². The maximum absolute atomic E-state index is 5.71. The molecule has 0 spiro atoms. The standard InChI is InChI=1S/C16H24Br2O2/c1-6-19-14-8-12(16(18)11(5)10(3)4)13(17)9-15(14)20-7-2/h8-11,16H,6-7H2,1-5H3. The first-order valence-electron chi connectivity index (χ1n) is 7.15. The molecule has 0 aliphatic carbocycles. The summed E-state index contributed by atoms with van der Waals surface area (Å²) >= 11 is 7.48. The maximum Gasteiger partial charge on any atom is 0.162 e. The maximum atomic E-state index is 5.71. The van der Waals surface area contributed by atoms with E-state index in [2.05, 4.69) is 58.7 Å². The Bertz CT molecular complexity index is 433. The monoisotopic (exact) mass is 406 g/mol. The fourth-order valence-electron chi connectivity index (χ4n) is 1.92. The third-order valence-electron chi connectivity index (χ3n) is 3.47. The van der Waals surface area contributed by atoms with Crippen LogP contribution in [-0.2, 0) is 0 Å². The topological polar surface area (TPSA) is 18.5 Å². The van der Waals surface area contributed by atoms with E-state index in [1.165, 1.54) is 5.56 Å². The first-order chi connectivity index (χ1) is 9.42. The summed E-state index contributed by atoms with van der Waals surface area (Å²) < 4.78 is 12.4. The normalized spacial score (nSPS) is 14.2. The molecule has 0 aliphatic heterocycles. The molecule has 2 atom stereocenters. The quantitative estimate of drug-likeness (QED) is 0.518. The zero-order valence-electron chi connectivity index (χ0n) is 12.9. The van der Waals surface area contributed by atoms with E-state index in [-0.39, 0.29) is 4.83 Å². The molecule has 0 saturated heterocycles. The Balaban J connectivity index is 3.17. The predicted octanol–water partition coefficient (Wildman–Crippen LogP) is 5.97. The van der Waals surface area contributed by atoms with Crippen LogP contribution in [0.3, 0.4) is 0 Å². The van der Waals surface area contributed by atoms with Crippen molar-refractivity contribution >= 4 is 31.9 Å². The summed E-state index contributed by atoms with van der Waals surface area (Å²) in [5.41, 5.74) is 1.21. The van der Waals surface area contributed by atoms with Gasteiger partial charge in [0.15, 0.2) is 11.5 Å². The molecule has 1 aromatic carbocycles. The number of halogens is 2. The van der Waals surface area contributed by atoms with Crippen LogP contribution >= 0.6 is 31.9 Å². The van der Waals surface area contributed by atoms with Crippen molar-refractivity contribution in [3.05, 3.63) is 22.2 Å². The zero-order valence-corrected chi connectivity index (χ0v) is 16.0. The van der Waals surface area contributed by atoms with Crippen molar-refractivity contribution in [3.8, 4) is 11.5 Å². The molecule has 2 nitrogen and oxygen atoms in total. The van der Waals surface area contributed by atoms with Crippen molar-refractivity contribution in [2.45, 2.75) is 39.4 Å². The largest absolute Gasteiger partial charge is 0.490 e. The lowest BCUT2D eigenvalue weighted by molar-refractivity contribution is 0.287. The molecule has 2 unspecified atom stereocenters. The van der Waals surface area contributed by atoms with Crippen molar-refractivity contribution in [1.29, 1.82) is 0 Å². The number of benzene rings is 1. The predicted molar refractivity (Wildman–Crippen MR) is 92.2 cm³/mol. The van der Waals surface area contributed by atoms with Gasteiger partial charge in [0.2, 0.25) is 0 Å². The minimum Gasteiger partial charge on any atom is -0.490 e. The van der Waals surface area contributed by atoms with Gasteiger partial charge >= 0.3 is 0 Å². The molecule has 114 valence electrons. The second-order valence-corrected chi connectivity index (χ2v) is 7.03. The molecule has 0 aliphatic rings. The number of hydrogen-bond donors (Lipinski definition) is 0. The molecule has 0 aromatic heterocycles. The Kier molecular flexibility index (Phi) is 7.38. The molecule has 20 heavy (non-hydrogen) atoms. The molecule has 1 aromatic rings. The first kappa shape index (κ1) is 17.8. The number of ether oxygens (including phenoxy) is 2. The Labute approximate surface area is 139 Å². The number of hydrogen-bond acceptors (Lipinski definition) is 2. The van der Waals surface area contributed by atoms with Crippen LogP contribution in [0.1, 0.15) is 45.0 Å². The summed E-state index contributed by atoms with van der Waals surface area (Å²) in [6.45, 7) is 12.0. The van der Waals surface area contributed by atoms with E-state index < -0.39 is 0 Å². The van der Waals surface area contributed by atoms with Gasteiger partial charge in [-0.3, -0.25) is 0 Å². The fraction of sp³-hybridized carbons (Fsp3) is 0.625. The van der Waals surface area contributed by atoms with Crippen LogP contribution in [0.5, 0.6) is 11.5 Å². The van der Waals surface area contributed by atoms with Crippen molar-refractivity contribution in [2.75, 3.05) is 13.2 Å². The Morgan fingerprint density at radius 1 is 1.00 bits per heavy atom. The smallest absolute Gasteiger partial charge is 0.162 e. The number of rotatable bonds is 7. The molecule has 0 heterocycles. The zero-order chi connectivity index (χ0) is 15.3. The summed E-state index contributed by atoms with van der Waals surface area (Å²) in [5, 5.41) is 0. The van der Waals surface area contributed by atoms with Crippen LogP contribution in [0, 0.1) is 11.8 Å². The second-order valence-electron chi connectivity index (χ2n) is 5.19. The van der Waals surface area contributed by atoms with Gasteiger partial charge in [0.1, 0.15) is 0 Å². The molecule has 0 N–H and O–H groups in total. The summed E-state index contributed by atoms with van der Waals surface area (Å²) in [5.74, 6) is 2.74. The summed E-state index contributed by atoms with van der Waals surface area (Å²) in [6, 6.07) is 4.09. The van der Waals surface area contributed by atoms with Gasteiger partial charge in [0, 0.05) is 9.30 Å². The molecule has 0 saturated carbocycles. The van der Waals surface area contributed by atoms with Gasteiger partial charge in [-0.25, -0.2) is 0 Å². The molecule has 0 radical (unpaired) electrons. The van der Waals surface area contributed by atoms with Crippen LogP contribution in [0.15, 0.2) is 16.6 Å². The fourth-order valence-corrected chi connectivity index (χ4v) is 3.79. The SMILES string of the molecule is CCOc1cc(Br)c(C(Br)C(C)C(C)C)cc1OCC. The van der Waals surface area contributed by atoms with Gasteiger partial charge in [-0.1, -0.05) is 52.6 Å². The third kappa shape index (κ3) is 4.39. The molecular formula is C16H24Br2O2. The lowest BCUT2D eigenvalue weighted by Gasteiger charge is -2.24. The highest BCUT2D eigenvalue weighted by molar-refractivity contribution is 9.11. The van der Waals surface area contributed by atoms with Crippen LogP contribution in [-0.4, -0.2) is 13.2 Å². The minimum absolute atomic E-state index is 0.284. The van der Waals surface area contributed by atoms with Gasteiger partial charge in [-0.2, -0.15) is 0 Å². The molecule has 0 fully saturated rings. The van der Waals surface area contributed by atoms with Crippen LogP contribution in [0.4, 0.5) is 0 Å². The third-order valence-corrected chi connectivity index (χ3v) is 5.49. The Hall–Kier alpha value is -0.220. The first-order valence-corrected chi connectivity index (χ1v) is 8.86. The summed E-state index contributed by atoms with van der Waals surface area (Å²) in [4.78, 5) is 0.284. The molecular weight excluding hydrogens is 384 g/mol. The second kappa shape index (κ2) is 8.28. The van der Waals surface area contributed by atoms with E-state index in [0.29, 0.717) is 25.0 Å². The number of alkyl halides is 1. The van der Waals surface area contributed by atoms with E-state index in [0.717, 1.165) is 16.0 Å². The van der Waals surface area contributed by atoms with E-state index >= 15 is 0 Å². The highest BCUT2D eigenvalue weighted by Crippen LogP contribution is 2.43. The van der Waals surface area contributed by atoms with Gasteiger partial charge in [-0.15, -0.1) is 0 Å². The van der Waals surface area contributed by atoms with Gasteiger partial charge in [0.25, 0.3) is 0 Å². The Morgan fingerprint density at radius 3 is 1.95 bits per heavy atom. The van der Waals surface area contributed by atoms with Crippen LogP contribution in [0.25, 0.3) is 0 Å². The van der Waals surface area contributed by atoms with E-state index in [1.807, 2.05) is 19.9 Å². The molecule has 0 amide bonds. The lowest BCUT2D eigenvalue weighted by Crippen LogP contribution is -2.11. The van der Waals surface area contributed by atoms with E-state index in [9.17, 15) is 0 Å². The van der Waals surface area contributed by atoms with E-state index in [4.69, 9.17) is 9.47 Å². The highest BCUT2D eigenvalue weighted by Gasteiger charge is 2.23. The average molecular weight is 408 g/mol. The van der Waals surface area contributed by atoms with Crippen LogP contribution < -0.4 is 9.47 Å². The van der Waals surface area contributed by atoms with Crippen molar-refractivity contribution in [2.24, 2.45) is 11.8 Å². The van der Waals surface area contributed by atoms with Gasteiger partial charge in [-0.05, 0) is 43.4 Å². The lowest BCUT2D eigenvalue weighted by atomic mass is 9.91.